The Morgan fingerprint density at radius 2 is 1.97 bits per heavy atom. The lowest BCUT2D eigenvalue weighted by Crippen LogP contribution is -2.07. The van der Waals surface area contributed by atoms with Gasteiger partial charge in [0.15, 0.2) is 0 Å². The van der Waals surface area contributed by atoms with Gasteiger partial charge in [-0.05, 0) is 36.6 Å². The van der Waals surface area contributed by atoms with Crippen molar-refractivity contribution in [3.05, 3.63) is 77.8 Å². The standard InChI is InChI=1S/C23H19FN4O/c1-14-15(3-2-8-26-14)18-12-27-23(20-11-25-9-6-16(18)20)28-13-19-17-7-10-29-22(17)5-4-21(19)24/h2-6,8-9,11-12H,7,10,13H2,1H3,(H,27,28). The summed E-state index contributed by atoms with van der Waals surface area (Å²) in [5.41, 5.74) is 4.54. The highest BCUT2D eigenvalue weighted by atomic mass is 19.1. The molecule has 0 fully saturated rings. The monoisotopic (exact) mass is 386 g/mol. The second-order valence-electron chi connectivity index (χ2n) is 7.03. The lowest BCUT2D eigenvalue weighted by Gasteiger charge is -2.14. The van der Waals surface area contributed by atoms with E-state index in [-0.39, 0.29) is 5.82 Å². The zero-order valence-corrected chi connectivity index (χ0v) is 15.9. The molecule has 0 bridgehead atoms. The molecule has 4 aromatic rings. The van der Waals surface area contributed by atoms with E-state index in [0.29, 0.717) is 24.5 Å². The van der Waals surface area contributed by atoms with E-state index >= 15 is 0 Å². The van der Waals surface area contributed by atoms with Crippen LogP contribution in [-0.2, 0) is 13.0 Å². The molecule has 1 aliphatic heterocycles. The maximum absolute atomic E-state index is 14.5. The minimum atomic E-state index is -0.230. The molecule has 5 nitrogen and oxygen atoms in total. The molecule has 0 aliphatic carbocycles. The van der Waals surface area contributed by atoms with Gasteiger partial charge in [0, 0.05) is 71.1 Å². The molecule has 144 valence electrons. The number of pyridine rings is 3. The smallest absolute Gasteiger partial charge is 0.135 e. The number of nitrogens with zero attached hydrogens (tertiary/aromatic N) is 3. The summed E-state index contributed by atoms with van der Waals surface area (Å²) in [6.07, 6.45) is 7.89. The van der Waals surface area contributed by atoms with Crippen LogP contribution in [0.25, 0.3) is 21.9 Å². The molecule has 0 spiro atoms. The van der Waals surface area contributed by atoms with E-state index < -0.39 is 0 Å². The maximum atomic E-state index is 14.5. The van der Waals surface area contributed by atoms with Gasteiger partial charge in [0.2, 0.25) is 0 Å². The zero-order chi connectivity index (χ0) is 19.8. The zero-order valence-electron chi connectivity index (χ0n) is 15.9. The third-order valence-electron chi connectivity index (χ3n) is 5.36. The number of anilines is 1. The Labute approximate surface area is 167 Å². The van der Waals surface area contributed by atoms with Crippen LogP contribution in [0.5, 0.6) is 5.75 Å². The molecule has 1 N–H and O–H groups in total. The van der Waals surface area contributed by atoms with Crippen molar-refractivity contribution in [2.45, 2.75) is 19.9 Å². The summed E-state index contributed by atoms with van der Waals surface area (Å²) in [5, 5.41) is 5.22. The molecule has 0 saturated heterocycles. The normalized spacial score (nSPS) is 12.6. The molecule has 0 radical (unpaired) electrons. The molecule has 1 aromatic carbocycles. The molecular weight excluding hydrogens is 367 g/mol. The average molecular weight is 386 g/mol. The highest BCUT2D eigenvalue weighted by Crippen LogP contribution is 2.34. The number of hydrogen-bond acceptors (Lipinski definition) is 5. The summed E-state index contributed by atoms with van der Waals surface area (Å²) in [6.45, 7) is 2.91. The third-order valence-corrected chi connectivity index (χ3v) is 5.36. The van der Waals surface area contributed by atoms with Gasteiger partial charge in [0.25, 0.3) is 0 Å². The van der Waals surface area contributed by atoms with Gasteiger partial charge in [-0.3, -0.25) is 9.97 Å². The first-order chi connectivity index (χ1) is 14.2. The number of benzene rings is 1. The van der Waals surface area contributed by atoms with Crippen LogP contribution in [0.1, 0.15) is 16.8 Å². The van der Waals surface area contributed by atoms with E-state index in [4.69, 9.17) is 4.74 Å². The third kappa shape index (κ3) is 3.06. The Kier molecular flexibility index (Phi) is 4.31. The Bertz CT molecular complexity index is 1220. The molecule has 0 unspecified atom stereocenters. The van der Waals surface area contributed by atoms with Crippen molar-refractivity contribution in [3.8, 4) is 16.9 Å². The fraction of sp³-hybridized carbons (Fsp3) is 0.174. The number of fused-ring (bicyclic) bond motifs is 2. The lowest BCUT2D eigenvalue weighted by molar-refractivity contribution is 0.356. The van der Waals surface area contributed by atoms with Gasteiger partial charge in [-0.25, -0.2) is 9.37 Å². The van der Waals surface area contributed by atoms with Crippen molar-refractivity contribution >= 4 is 16.6 Å². The van der Waals surface area contributed by atoms with Crippen LogP contribution in [0.2, 0.25) is 0 Å². The second-order valence-corrected chi connectivity index (χ2v) is 7.03. The number of aryl methyl sites for hydroxylation is 1. The van der Waals surface area contributed by atoms with Gasteiger partial charge in [0.05, 0.1) is 6.61 Å². The Morgan fingerprint density at radius 1 is 1.03 bits per heavy atom. The SMILES string of the molecule is Cc1ncccc1-c1cnc(NCc2c(F)ccc3c2CCO3)c2cnccc12. The highest BCUT2D eigenvalue weighted by Gasteiger charge is 2.20. The minimum Gasteiger partial charge on any atom is -0.493 e. The predicted octanol–water partition coefficient (Wildman–Crippen LogP) is 4.69. The lowest BCUT2D eigenvalue weighted by atomic mass is 10.0. The van der Waals surface area contributed by atoms with Crippen LogP contribution in [0.4, 0.5) is 10.2 Å². The number of aromatic nitrogens is 3. The largest absolute Gasteiger partial charge is 0.493 e. The van der Waals surface area contributed by atoms with Crippen molar-refractivity contribution in [1.82, 2.24) is 15.0 Å². The van der Waals surface area contributed by atoms with Crippen LogP contribution < -0.4 is 10.1 Å². The number of halogens is 1. The number of hydrogen-bond donors (Lipinski definition) is 1. The second kappa shape index (κ2) is 7.13. The van der Waals surface area contributed by atoms with Crippen LogP contribution >= 0.6 is 0 Å². The summed E-state index contributed by atoms with van der Waals surface area (Å²) in [5.74, 6) is 1.21. The Hall–Kier alpha value is -3.54. The van der Waals surface area contributed by atoms with E-state index in [9.17, 15) is 4.39 Å². The van der Waals surface area contributed by atoms with E-state index in [1.165, 1.54) is 6.07 Å². The van der Waals surface area contributed by atoms with Gasteiger partial charge in [-0.2, -0.15) is 0 Å². The average Bonchev–Trinajstić information content (AvgIpc) is 3.22. The first-order valence-corrected chi connectivity index (χ1v) is 9.54. The summed E-state index contributed by atoms with van der Waals surface area (Å²) in [6, 6.07) is 9.09. The highest BCUT2D eigenvalue weighted by molar-refractivity contribution is 6.01. The molecule has 0 saturated carbocycles. The van der Waals surface area contributed by atoms with E-state index in [1.807, 2.05) is 31.3 Å². The molecule has 1 aliphatic rings. The summed E-state index contributed by atoms with van der Waals surface area (Å²) in [7, 11) is 0. The van der Waals surface area contributed by atoms with Gasteiger partial charge in [0.1, 0.15) is 17.4 Å². The van der Waals surface area contributed by atoms with Crippen molar-refractivity contribution in [2.75, 3.05) is 11.9 Å². The summed E-state index contributed by atoms with van der Waals surface area (Å²) in [4.78, 5) is 13.3. The van der Waals surface area contributed by atoms with Crippen LogP contribution in [0.3, 0.4) is 0 Å². The van der Waals surface area contributed by atoms with Crippen LogP contribution in [-0.4, -0.2) is 21.6 Å². The maximum Gasteiger partial charge on any atom is 0.135 e. The van der Waals surface area contributed by atoms with Gasteiger partial charge in [-0.15, -0.1) is 0 Å². The van der Waals surface area contributed by atoms with Crippen molar-refractivity contribution in [2.24, 2.45) is 0 Å². The molecule has 0 atom stereocenters. The summed E-state index contributed by atoms with van der Waals surface area (Å²) >= 11 is 0. The van der Waals surface area contributed by atoms with Crippen molar-refractivity contribution in [1.29, 1.82) is 0 Å². The van der Waals surface area contributed by atoms with E-state index in [2.05, 4.69) is 20.3 Å². The fourth-order valence-corrected chi connectivity index (χ4v) is 3.89. The molecule has 0 amide bonds. The molecule has 6 heteroatoms. The van der Waals surface area contributed by atoms with E-state index in [1.54, 1.807) is 24.7 Å². The van der Waals surface area contributed by atoms with Gasteiger partial charge < -0.3 is 10.1 Å². The Balaban J connectivity index is 1.54. The minimum absolute atomic E-state index is 0.230. The number of nitrogens with one attached hydrogen (secondary N) is 1. The van der Waals surface area contributed by atoms with Gasteiger partial charge >= 0.3 is 0 Å². The molecule has 4 heterocycles. The predicted molar refractivity (Wildman–Crippen MR) is 110 cm³/mol. The first-order valence-electron chi connectivity index (χ1n) is 9.54. The van der Waals surface area contributed by atoms with Crippen LogP contribution in [0, 0.1) is 12.7 Å². The van der Waals surface area contributed by atoms with Crippen molar-refractivity contribution < 1.29 is 9.13 Å². The topological polar surface area (TPSA) is 59.9 Å². The molecule has 5 rings (SSSR count). The summed E-state index contributed by atoms with van der Waals surface area (Å²) < 4.78 is 20.0. The quantitative estimate of drug-likeness (QED) is 0.552. The van der Waals surface area contributed by atoms with E-state index in [0.717, 1.165) is 45.3 Å². The fourth-order valence-electron chi connectivity index (χ4n) is 3.89. The Morgan fingerprint density at radius 3 is 2.86 bits per heavy atom. The molecule has 3 aromatic heterocycles. The number of ether oxygens (including phenoxy) is 1. The molecule has 29 heavy (non-hydrogen) atoms. The first kappa shape index (κ1) is 17.6. The van der Waals surface area contributed by atoms with Crippen LogP contribution in [0.15, 0.2) is 55.1 Å². The number of rotatable bonds is 4. The molecular formula is C23H19FN4O. The van der Waals surface area contributed by atoms with Gasteiger partial charge in [-0.1, -0.05) is 6.07 Å². The van der Waals surface area contributed by atoms with Crippen molar-refractivity contribution in [3.63, 3.8) is 0 Å².